The number of carbonyl (C=O) groups excluding carboxylic acids is 1. The fourth-order valence-electron chi connectivity index (χ4n) is 4.16. The van der Waals surface area contributed by atoms with E-state index in [-0.39, 0.29) is 18.1 Å². The third-order valence-electron chi connectivity index (χ3n) is 5.18. The van der Waals surface area contributed by atoms with Crippen molar-refractivity contribution in [2.45, 2.75) is 70.6 Å². The van der Waals surface area contributed by atoms with Gasteiger partial charge in [0, 0.05) is 12.6 Å². The number of nitrogens with zero attached hydrogens (tertiary/aromatic N) is 1. The molecule has 0 radical (unpaired) electrons. The van der Waals surface area contributed by atoms with Gasteiger partial charge in [0.05, 0.1) is 12.1 Å². The van der Waals surface area contributed by atoms with E-state index < -0.39 is 6.10 Å². The zero-order chi connectivity index (χ0) is 16.6. The lowest BCUT2D eigenvalue weighted by molar-refractivity contribution is 0.117. The third-order valence-corrected chi connectivity index (χ3v) is 5.18. The molecule has 2 amide bonds. The van der Waals surface area contributed by atoms with E-state index in [2.05, 4.69) is 23.5 Å². The van der Waals surface area contributed by atoms with Crippen LogP contribution in [0, 0.1) is 0 Å². The molecule has 1 aromatic rings. The van der Waals surface area contributed by atoms with E-state index >= 15 is 0 Å². The molecule has 0 aliphatic heterocycles. The van der Waals surface area contributed by atoms with Gasteiger partial charge in [0.25, 0.3) is 0 Å². The van der Waals surface area contributed by atoms with Crippen molar-refractivity contribution in [3.05, 3.63) is 34.9 Å². The van der Waals surface area contributed by atoms with E-state index in [1.54, 1.807) is 11.8 Å². The highest BCUT2D eigenvalue weighted by Crippen LogP contribution is 2.47. The molecule has 23 heavy (non-hydrogen) atoms. The number of aliphatic hydroxyl groups is 1. The number of carbonyl (C=O) groups is 1. The van der Waals surface area contributed by atoms with Crippen LogP contribution in [0.5, 0.6) is 0 Å². The predicted molar refractivity (Wildman–Crippen MR) is 91.5 cm³/mol. The Morgan fingerprint density at radius 2 is 2.17 bits per heavy atom. The fourth-order valence-corrected chi connectivity index (χ4v) is 4.16. The first kappa shape index (κ1) is 16.3. The quantitative estimate of drug-likeness (QED) is 0.895. The maximum absolute atomic E-state index is 12.7. The number of aryl methyl sites for hydroxylation is 1. The van der Waals surface area contributed by atoms with Crippen LogP contribution >= 0.6 is 0 Å². The molecule has 0 heterocycles. The maximum atomic E-state index is 12.7. The molecule has 4 heteroatoms. The maximum Gasteiger partial charge on any atom is 0.318 e. The van der Waals surface area contributed by atoms with Crippen LogP contribution in [0.3, 0.4) is 0 Å². The van der Waals surface area contributed by atoms with Crippen molar-refractivity contribution in [2.24, 2.45) is 0 Å². The topological polar surface area (TPSA) is 52.6 Å². The molecule has 1 aromatic carbocycles. The largest absolute Gasteiger partial charge is 0.392 e. The Labute approximate surface area is 138 Å². The van der Waals surface area contributed by atoms with Gasteiger partial charge < -0.3 is 15.3 Å². The van der Waals surface area contributed by atoms with Crippen molar-refractivity contribution < 1.29 is 9.90 Å². The summed E-state index contributed by atoms with van der Waals surface area (Å²) in [4.78, 5) is 14.4. The molecule has 3 unspecified atom stereocenters. The summed E-state index contributed by atoms with van der Waals surface area (Å²) in [5, 5.41) is 12.9. The first-order chi connectivity index (χ1) is 11.0. The summed E-state index contributed by atoms with van der Waals surface area (Å²) in [6, 6.07) is 6.64. The van der Waals surface area contributed by atoms with Crippen molar-refractivity contribution in [3.8, 4) is 0 Å². The first-order valence-electron chi connectivity index (χ1n) is 8.84. The van der Waals surface area contributed by atoms with Gasteiger partial charge in [-0.2, -0.15) is 0 Å². The molecule has 2 aliphatic carbocycles. The summed E-state index contributed by atoms with van der Waals surface area (Å²) < 4.78 is 0. The Hall–Kier alpha value is -1.55. The molecule has 0 saturated carbocycles. The summed E-state index contributed by atoms with van der Waals surface area (Å²) in [5.74, 6) is 0.601. The summed E-state index contributed by atoms with van der Waals surface area (Å²) >= 11 is 0. The zero-order valence-electron chi connectivity index (χ0n) is 14.4. The molecule has 0 fully saturated rings. The van der Waals surface area contributed by atoms with Crippen molar-refractivity contribution in [3.63, 3.8) is 0 Å². The minimum atomic E-state index is -0.513. The smallest absolute Gasteiger partial charge is 0.318 e. The van der Waals surface area contributed by atoms with Gasteiger partial charge in [-0.15, -0.1) is 0 Å². The van der Waals surface area contributed by atoms with E-state index in [1.807, 2.05) is 13.8 Å². The molecule has 0 bridgehead atoms. The SMILES string of the molecule is CC(O)CN(C(=O)NC1CC2CCCc3cccc1c32)C(C)C. The molecule has 4 nitrogen and oxygen atoms in total. The number of rotatable bonds is 4. The molecule has 2 aliphatic rings. The van der Waals surface area contributed by atoms with Crippen LogP contribution in [-0.4, -0.2) is 34.7 Å². The Bertz CT molecular complexity index is 583. The second kappa shape index (κ2) is 6.52. The average molecular weight is 316 g/mol. The van der Waals surface area contributed by atoms with Crippen molar-refractivity contribution in [1.29, 1.82) is 0 Å². The van der Waals surface area contributed by atoms with Crippen LogP contribution in [0.1, 0.15) is 68.7 Å². The van der Waals surface area contributed by atoms with Gasteiger partial charge in [-0.1, -0.05) is 18.2 Å². The van der Waals surface area contributed by atoms with E-state index in [0.29, 0.717) is 12.5 Å². The van der Waals surface area contributed by atoms with Gasteiger partial charge in [-0.25, -0.2) is 4.79 Å². The average Bonchev–Trinajstić information content (AvgIpc) is 2.85. The molecular weight excluding hydrogens is 288 g/mol. The number of nitrogens with one attached hydrogen (secondary N) is 1. The summed E-state index contributed by atoms with van der Waals surface area (Å²) in [6.07, 6.45) is 4.15. The molecule has 126 valence electrons. The van der Waals surface area contributed by atoms with Crippen molar-refractivity contribution in [1.82, 2.24) is 10.2 Å². The van der Waals surface area contributed by atoms with Gasteiger partial charge in [0.15, 0.2) is 0 Å². The summed E-state index contributed by atoms with van der Waals surface area (Å²) in [7, 11) is 0. The Balaban J connectivity index is 1.77. The van der Waals surface area contributed by atoms with E-state index in [0.717, 1.165) is 6.42 Å². The van der Waals surface area contributed by atoms with Gasteiger partial charge in [-0.3, -0.25) is 0 Å². The van der Waals surface area contributed by atoms with Gasteiger partial charge >= 0.3 is 6.03 Å². The van der Waals surface area contributed by atoms with Crippen LogP contribution in [0.25, 0.3) is 0 Å². The van der Waals surface area contributed by atoms with Crippen LogP contribution in [0.15, 0.2) is 18.2 Å². The highest BCUT2D eigenvalue weighted by Gasteiger charge is 2.36. The van der Waals surface area contributed by atoms with Crippen molar-refractivity contribution >= 4 is 6.03 Å². The predicted octanol–water partition coefficient (Wildman–Crippen LogP) is 3.35. The summed E-state index contributed by atoms with van der Waals surface area (Å²) in [6.45, 7) is 6.06. The second-order valence-corrected chi connectivity index (χ2v) is 7.34. The number of urea groups is 1. The van der Waals surface area contributed by atoms with Gasteiger partial charge in [-0.05, 0) is 69.1 Å². The lowest BCUT2D eigenvalue weighted by Crippen LogP contribution is -2.47. The molecule has 3 rings (SSSR count). The Morgan fingerprint density at radius 1 is 1.39 bits per heavy atom. The Morgan fingerprint density at radius 3 is 2.87 bits per heavy atom. The van der Waals surface area contributed by atoms with E-state index in [9.17, 15) is 9.90 Å². The van der Waals surface area contributed by atoms with E-state index in [1.165, 1.54) is 36.0 Å². The fraction of sp³-hybridized carbons (Fsp3) is 0.632. The third kappa shape index (κ3) is 3.23. The number of hydrogen-bond acceptors (Lipinski definition) is 2. The lowest BCUT2D eigenvalue weighted by atomic mass is 9.84. The second-order valence-electron chi connectivity index (χ2n) is 7.34. The van der Waals surface area contributed by atoms with E-state index in [4.69, 9.17) is 0 Å². The molecule has 2 N–H and O–H groups in total. The minimum absolute atomic E-state index is 0.0675. The van der Waals surface area contributed by atoms with Crippen molar-refractivity contribution in [2.75, 3.05) is 6.54 Å². The highest BCUT2D eigenvalue weighted by atomic mass is 16.3. The minimum Gasteiger partial charge on any atom is -0.392 e. The molecule has 0 aromatic heterocycles. The zero-order valence-corrected chi connectivity index (χ0v) is 14.4. The number of aliphatic hydroxyl groups excluding tert-OH is 1. The van der Waals surface area contributed by atoms with Crippen LogP contribution in [0.2, 0.25) is 0 Å². The standard InChI is InChI=1S/C19H28N2O2/c1-12(2)21(11-13(3)22)19(23)20-17-10-15-8-4-6-14-7-5-9-16(17)18(14)15/h5,7,9,12-13,15,17,22H,4,6,8,10-11H2,1-3H3,(H,20,23). The number of hydrogen-bond donors (Lipinski definition) is 2. The Kier molecular flexibility index (Phi) is 4.62. The molecular formula is C19H28N2O2. The summed E-state index contributed by atoms with van der Waals surface area (Å²) in [5.41, 5.74) is 4.28. The molecule has 0 spiro atoms. The van der Waals surface area contributed by atoms with Gasteiger partial charge in [0.2, 0.25) is 0 Å². The highest BCUT2D eigenvalue weighted by molar-refractivity contribution is 5.75. The normalized spacial score (nSPS) is 23.5. The number of benzene rings is 1. The van der Waals surface area contributed by atoms with Gasteiger partial charge in [0.1, 0.15) is 0 Å². The molecule has 0 saturated heterocycles. The first-order valence-corrected chi connectivity index (χ1v) is 8.84. The lowest BCUT2D eigenvalue weighted by Gasteiger charge is -2.29. The monoisotopic (exact) mass is 316 g/mol. The van der Waals surface area contributed by atoms with Crippen LogP contribution in [-0.2, 0) is 6.42 Å². The number of amides is 2. The van der Waals surface area contributed by atoms with Crippen LogP contribution < -0.4 is 5.32 Å². The van der Waals surface area contributed by atoms with Crippen LogP contribution in [0.4, 0.5) is 4.79 Å². The molecule has 3 atom stereocenters.